The molecule has 0 spiro atoms. The van der Waals surface area contributed by atoms with Crippen molar-refractivity contribution in [2.75, 3.05) is 0 Å². The highest BCUT2D eigenvalue weighted by Crippen LogP contribution is 2.42. The molecule has 0 saturated heterocycles. The van der Waals surface area contributed by atoms with E-state index in [9.17, 15) is 0 Å². The zero-order valence-electron chi connectivity index (χ0n) is 37.8. The maximum absolute atomic E-state index is 6.57. The largest absolute Gasteiger partial charge is 0.456 e. The molecular weight excluding hydrogens is 853 g/mol. The number of hydrogen-bond donors (Lipinski definition) is 1. The minimum absolute atomic E-state index is 0.422. The third-order valence-corrected chi connectivity index (χ3v) is 14.6. The summed E-state index contributed by atoms with van der Waals surface area (Å²) in [6.45, 7) is 0. The molecule has 5 heteroatoms. The van der Waals surface area contributed by atoms with Gasteiger partial charge in [0.15, 0.2) is 5.84 Å². The molecule has 0 amide bonds. The Labute approximate surface area is 401 Å². The maximum Gasteiger partial charge on any atom is 0.159 e. The first-order valence-corrected chi connectivity index (χ1v) is 23.9. The van der Waals surface area contributed by atoms with Crippen molar-refractivity contribution in [2.24, 2.45) is 9.98 Å². The topological polar surface area (TPSA) is 54.8 Å². The van der Waals surface area contributed by atoms with Crippen molar-refractivity contribution >= 4 is 109 Å². The molecule has 1 aliphatic rings. The van der Waals surface area contributed by atoms with Crippen molar-refractivity contribution in [3.05, 3.63) is 247 Å². The normalized spacial score (nSPS) is 14.1. The lowest BCUT2D eigenvalue weighted by Crippen LogP contribution is -2.33. The summed E-state index contributed by atoms with van der Waals surface area (Å²) in [5, 5.41) is 20.5. The molecular formula is C65H40N4O. The van der Waals surface area contributed by atoms with Gasteiger partial charge in [0.2, 0.25) is 0 Å². The van der Waals surface area contributed by atoms with Crippen LogP contribution >= 0.6 is 0 Å². The lowest BCUT2D eigenvalue weighted by molar-refractivity contribution is 0.669. The molecule has 1 unspecified atom stereocenters. The summed E-state index contributed by atoms with van der Waals surface area (Å²) in [4.78, 5) is 11.1. The first kappa shape index (κ1) is 38.8. The fourth-order valence-corrected chi connectivity index (χ4v) is 11.3. The van der Waals surface area contributed by atoms with Crippen LogP contribution in [-0.4, -0.2) is 16.2 Å². The van der Waals surface area contributed by atoms with Crippen molar-refractivity contribution in [3.8, 4) is 16.8 Å². The zero-order chi connectivity index (χ0) is 45.9. The van der Waals surface area contributed by atoms with E-state index in [0.29, 0.717) is 5.84 Å². The number of amidine groups is 2. The van der Waals surface area contributed by atoms with Crippen molar-refractivity contribution in [1.29, 1.82) is 0 Å². The summed E-state index contributed by atoms with van der Waals surface area (Å²) in [6, 6.07) is 83.0. The minimum atomic E-state index is -0.422. The third kappa shape index (κ3) is 5.91. The Hall–Kier alpha value is -9.32. The quantitative estimate of drug-likeness (QED) is 0.175. The molecule has 0 radical (unpaired) electrons. The number of para-hydroxylation sites is 2. The van der Waals surface area contributed by atoms with Crippen molar-refractivity contribution < 1.29 is 4.42 Å². The number of fused-ring (bicyclic) bond motifs is 14. The summed E-state index contributed by atoms with van der Waals surface area (Å²) >= 11 is 0. The van der Waals surface area contributed by atoms with E-state index in [1.165, 1.54) is 53.9 Å². The minimum Gasteiger partial charge on any atom is -0.456 e. The van der Waals surface area contributed by atoms with E-state index >= 15 is 0 Å². The molecule has 1 atom stereocenters. The number of aromatic nitrogens is 1. The number of nitrogens with zero attached hydrogens (tertiary/aromatic N) is 3. The number of nitrogens with one attached hydrogen (secondary N) is 1. The van der Waals surface area contributed by atoms with Gasteiger partial charge in [-0.15, -0.1) is 0 Å². The first-order chi connectivity index (χ1) is 34.7. The van der Waals surface area contributed by atoms with Gasteiger partial charge in [-0.1, -0.05) is 170 Å². The van der Waals surface area contributed by atoms with Gasteiger partial charge in [0.05, 0.1) is 16.7 Å². The van der Waals surface area contributed by atoms with Gasteiger partial charge in [-0.05, 0) is 120 Å². The van der Waals surface area contributed by atoms with Crippen LogP contribution in [0.2, 0.25) is 0 Å². The highest BCUT2D eigenvalue weighted by molar-refractivity contribution is 6.31. The van der Waals surface area contributed by atoms with Crippen molar-refractivity contribution in [3.63, 3.8) is 0 Å². The Morgan fingerprint density at radius 3 is 1.80 bits per heavy atom. The summed E-state index contributed by atoms with van der Waals surface area (Å²) in [5.41, 5.74) is 10.1. The number of aliphatic imine (C=N–C) groups is 2. The van der Waals surface area contributed by atoms with Crippen LogP contribution < -0.4 is 5.32 Å². The van der Waals surface area contributed by atoms with Gasteiger partial charge in [0, 0.05) is 43.6 Å². The average molecular weight is 893 g/mol. The van der Waals surface area contributed by atoms with E-state index in [2.05, 4.69) is 228 Å². The van der Waals surface area contributed by atoms with Gasteiger partial charge in [0.1, 0.15) is 23.2 Å². The van der Waals surface area contributed by atoms with Gasteiger partial charge < -0.3 is 14.3 Å². The molecule has 5 nitrogen and oxygen atoms in total. The van der Waals surface area contributed by atoms with E-state index in [1.807, 2.05) is 12.1 Å². The molecule has 15 rings (SSSR count). The first-order valence-electron chi connectivity index (χ1n) is 23.9. The monoisotopic (exact) mass is 892 g/mol. The molecule has 14 aromatic rings. The Bertz CT molecular complexity index is 4550. The summed E-state index contributed by atoms with van der Waals surface area (Å²) in [7, 11) is 0. The van der Waals surface area contributed by atoms with Crippen LogP contribution in [0.5, 0.6) is 0 Å². The molecule has 70 heavy (non-hydrogen) atoms. The second kappa shape index (κ2) is 15.1. The lowest BCUT2D eigenvalue weighted by atomic mass is 9.91. The van der Waals surface area contributed by atoms with E-state index in [4.69, 9.17) is 14.4 Å². The van der Waals surface area contributed by atoms with Gasteiger partial charge in [0.25, 0.3) is 0 Å². The Morgan fingerprint density at radius 1 is 0.386 bits per heavy atom. The van der Waals surface area contributed by atoms with Crippen LogP contribution in [-0.2, 0) is 0 Å². The standard InChI is InChI=1S/C65H40N4O/c1-2-15-40-34-44(29-28-39(40)14-1)63-66-64(68-65(67-63)54-25-13-24-53-48-19-6-5-18-46(48)47-20-7-8-23-52(47)62(53)54)45-31-33-58(55(36-45)43-30-32-51-50-22-10-12-27-60(50)70-61(51)38-43)69-57-26-11-9-21-49(57)56-35-41-16-3-4-17-42(41)37-59(56)69/h1-38,63H,(H,66,67,68). The number of hydrogen-bond acceptors (Lipinski definition) is 4. The maximum atomic E-state index is 6.57. The predicted molar refractivity (Wildman–Crippen MR) is 293 cm³/mol. The highest BCUT2D eigenvalue weighted by Gasteiger charge is 2.26. The number of furan rings is 1. The van der Waals surface area contributed by atoms with Crippen molar-refractivity contribution in [1.82, 2.24) is 9.88 Å². The van der Waals surface area contributed by atoms with Gasteiger partial charge in [-0.3, -0.25) is 0 Å². The van der Waals surface area contributed by atoms with Crippen LogP contribution in [0, 0.1) is 0 Å². The molecule has 0 bridgehead atoms. The van der Waals surface area contributed by atoms with Crippen LogP contribution in [0.1, 0.15) is 22.9 Å². The molecule has 1 aliphatic heterocycles. The molecule has 3 heterocycles. The summed E-state index contributed by atoms with van der Waals surface area (Å²) in [6.07, 6.45) is -0.422. The lowest BCUT2D eigenvalue weighted by Gasteiger charge is -2.25. The summed E-state index contributed by atoms with van der Waals surface area (Å²) < 4.78 is 9.00. The SMILES string of the molecule is c1ccc2cc(C3N=C(c4ccc(-n5c6ccccc6c6cc7ccccc7cc65)c(-c5ccc6c(c5)oc5ccccc56)c4)N=C(c4cccc5c6ccccc6c6ccccc6c45)N3)ccc2c1. The van der Waals surface area contributed by atoms with E-state index in [0.717, 1.165) is 83.1 Å². The van der Waals surface area contributed by atoms with E-state index < -0.39 is 6.17 Å². The molecule has 0 saturated carbocycles. The second-order valence-electron chi connectivity index (χ2n) is 18.5. The fraction of sp³-hybridized carbons (Fsp3) is 0.0154. The molecule has 0 aliphatic carbocycles. The average Bonchev–Trinajstić information content (AvgIpc) is 3.96. The fourth-order valence-electron chi connectivity index (χ4n) is 11.3. The van der Waals surface area contributed by atoms with Crippen molar-refractivity contribution in [2.45, 2.75) is 6.17 Å². The molecule has 2 aromatic heterocycles. The third-order valence-electron chi connectivity index (χ3n) is 14.6. The Balaban J connectivity index is 0.994. The molecule has 12 aromatic carbocycles. The molecule has 0 fully saturated rings. The van der Waals surface area contributed by atoms with Crippen LogP contribution in [0.15, 0.2) is 245 Å². The van der Waals surface area contributed by atoms with Gasteiger partial charge in [-0.2, -0.15) is 0 Å². The van der Waals surface area contributed by atoms with Gasteiger partial charge in [-0.25, -0.2) is 9.98 Å². The Kier molecular flexibility index (Phi) is 8.36. The number of rotatable bonds is 5. The second-order valence-corrected chi connectivity index (χ2v) is 18.5. The zero-order valence-corrected chi connectivity index (χ0v) is 37.8. The van der Waals surface area contributed by atoms with E-state index in [1.54, 1.807) is 0 Å². The summed E-state index contributed by atoms with van der Waals surface area (Å²) in [5.74, 6) is 1.43. The van der Waals surface area contributed by atoms with Crippen LogP contribution in [0.3, 0.4) is 0 Å². The van der Waals surface area contributed by atoms with E-state index in [-0.39, 0.29) is 0 Å². The predicted octanol–water partition coefficient (Wildman–Crippen LogP) is 16.6. The van der Waals surface area contributed by atoms with Gasteiger partial charge >= 0.3 is 0 Å². The van der Waals surface area contributed by atoms with Crippen LogP contribution in [0.25, 0.3) is 114 Å². The highest BCUT2D eigenvalue weighted by atomic mass is 16.3. The van der Waals surface area contributed by atoms with Crippen LogP contribution in [0.4, 0.5) is 0 Å². The number of benzene rings is 12. The molecule has 1 N–H and O–H groups in total. The molecule has 326 valence electrons. The smallest absolute Gasteiger partial charge is 0.159 e. The Morgan fingerprint density at radius 2 is 1.00 bits per heavy atom.